The van der Waals surface area contributed by atoms with Crippen molar-refractivity contribution in [1.29, 1.82) is 0 Å². The second-order valence-electron chi connectivity index (χ2n) is 2.97. The molecule has 0 aromatic carbocycles. The summed E-state index contributed by atoms with van der Waals surface area (Å²) in [5.41, 5.74) is 0.246. The van der Waals surface area contributed by atoms with Crippen LogP contribution in [0.5, 0.6) is 5.75 Å². The Kier molecular flexibility index (Phi) is 2.96. The van der Waals surface area contributed by atoms with Gasteiger partial charge in [-0.25, -0.2) is 0 Å². The Labute approximate surface area is 97.2 Å². The third kappa shape index (κ3) is 2.07. The van der Waals surface area contributed by atoms with E-state index in [0.29, 0.717) is 4.90 Å². The highest BCUT2D eigenvalue weighted by molar-refractivity contribution is 7.85. The summed E-state index contributed by atoms with van der Waals surface area (Å²) in [6.07, 6.45) is 3.75. The number of nitrogens with zero attached hydrogens (tertiary/aromatic N) is 1. The third-order valence-electron chi connectivity index (χ3n) is 1.91. The first kappa shape index (κ1) is 11.4. The Morgan fingerprint density at radius 1 is 1.47 bits per heavy atom. The second kappa shape index (κ2) is 4.42. The molecule has 0 unspecified atom stereocenters. The summed E-state index contributed by atoms with van der Waals surface area (Å²) in [6, 6.07) is 0. The lowest BCUT2D eigenvalue weighted by molar-refractivity contribution is -0.710. The average Bonchev–Trinajstić information content (AvgIpc) is 2.80. The molecule has 0 aliphatic rings. The van der Waals surface area contributed by atoms with Crippen molar-refractivity contribution in [2.75, 3.05) is 5.75 Å². The molecule has 0 fully saturated rings. The molecule has 0 aliphatic carbocycles. The van der Waals surface area contributed by atoms with Gasteiger partial charge in [-0.05, 0) is 0 Å². The van der Waals surface area contributed by atoms with Gasteiger partial charge >= 0.3 is 0 Å². The lowest BCUT2D eigenvalue weighted by Crippen LogP contribution is -2.02. The van der Waals surface area contributed by atoms with E-state index in [0.717, 1.165) is 6.26 Å². The molecule has 0 saturated carbocycles. The van der Waals surface area contributed by atoms with Crippen molar-refractivity contribution in [2.45, 2.75) is 4.90 Å². The lowest BCUT2D eigenvalue weighted by Gasteiger charge is -1.90. The molecular formula is C9H7NO6S. The Balaban J connectivity index is 2.42. The van der Waals surface area contributed by atoms with Crippen LogP contribution < -0.4 is 4.84 Å². The molecule has 0 N–H and O–H groups in total. The molecule has 0 aliphatic heterocycles. The Morgan fingerprint density at radius 2 is 2.18 bits per heavy atom. The van der Waals surface area contributed by atoms with Gasteiger partial charge in [0.15, 0.2) is 5.58 Å². The normalized spacial score (nSPS) is 12.5. The number of furan rings is 2. The summed E-state index contributed by atoms with van der Waals surface area (Å²) in [6.45, 7) is 3.47. The second-order valence-corrected chi connectivity index (χ2v) is 4.44. The summed E-state index contributed by atoms with van der Waals surface area (Å²) >= 11 is 0. The minimum absolute atomic E-state index is 0.0640. The highest BCUT2D eigenvalue weighted by Crippen LogP contribution is 2.33. The van der Waals surface area contributed by atoms with Crippen LogP contribution in [0, 0.1) is 10.1 Å². The van der Waals surface area contributed by atoms with Gasteiger partial charge in [0.2, 0.25) is 11.3 Å². The van der Waals surface area contributed by atoms with Gasteiger partial charge in [-0.15, -0.1) is 16.7 Å². The van der Waals surface area contributed by atoms with Crippen molar-refractivity contribution in [1.82, 2.24) is 0 Å². The van der Waals surface area contributed by atoms with Crippen molar-refractivity contribution >= 4 is 22.0 Å². The molecule has 7 nitrogen and oxygen atoms in total. The molecule has 1 atom stereocenters. The Bertz CT molecular complexity index is 598. The molecule has 0 saturated heterocycles. The molecule has 8 heteroatoms. The van der Waals surface area contributed by atoms with Crippen LogP contribution in [0.3, 0.4) is 0 Å². The van der Waals surface area contributed by atoms with E-state index in [4.69, 9.17) is 8.83 Å². The first-order valence-corrected chi connectivity index (χ1v) is 5.75. The number of hydrogen-bond donors (Lipinski definition) is 0. The monoisotopic (exact) mass is 257 g/mol. The topological polar surface area (TPSA) is 95.7 Å². The third-order valence-corrected chi connectivity index (χ3v) is 3.22. The predicted octanol–water partition coefficient (Wildman–Crippen LogP) is 1.89. The van der Waals surface area contributed by atoms with Gasteiger partial charge in [-0.2, -0.15) is 0 Å². The van der Waals surface area contributed by atoms with Gasteiger partial charge in [0.25, 0.3) is 5.09 Å². The molecule has 0 spiro atoms. The maximum atomic E-state index is 11.7. The van der Waals surface area contributed by atoms with E-state index in [9.17, 15) is 14.3 Å². The van der Waals surface area contributed by atoms with Crippen LogP contribution in [0.1, 0.15) is 0 Å². The number of hydrogen-bond acceptors (Lipinski definition) is 6. The summed E-state index contributed by atoms with van der Waals surface area (Å²) in [4.78, 5) is 14.7. The summed E-state index contributed by atoms with van der Waals surface area (Å²) in [5, 5.41) is 9.20. The van der Waals surface area contributed by atoms with E-state index >= 15 is 0 Å². The van der Waals surface area contributed by atoms with Crippen molar-refractivity contribution < 1.29 is 23.0 Å². The van der Waals surface area contributed by atoms with Crippen molar-refractivity contribution in [2.24, 2.45) is 0 Å². The smallest absolute Gasteiger partial charge is 0.300 e. The van der Waals surface area contributed by atoms with E-state index in [1.54, 1.807) is 0 Å². The zero-order chi connectivity index (χ0) is 12.4. The predicted molar refractivity (Wildman–Crippen MR) is 57.6 cm³/mol. The summed E-state index contributed by atoms with van der Waals surface area (Å²) < 4.78 is 21.8. The van der Waals surface area contributed by atoms with Crippen LogP contribution in [-0.2, 0) is 10.8 Å². The van der Waals surface area contributed by atoms with Gasteiger partial charge in [-0.3, -0.25) is 9.05 Å². The maximum absolute atomic E-state index is 11.7. The molecule has 0 amide bonds. The van der Waals surface area contributed by atoms with E-state index < -0.39 is 15.9 Å². The molecule has 90 valence electrons. The Hall–Kier alpha value is -2.09. The van der Waals surface area contributed by atoms with E-state index in [-0.39, 0.29) is 22.7 Å². The van der Waals surface area contributed by atoms with Crippen molar-refractivity contribution in [3.05, 3.63) is 35.3 Å². The van der Waals surface area contributed by atoms with Crippen LogP contribution in [0.2, 0.25) is 0 Å². The molecule has 2 aromatic rings. The lowest BCUT2D eigenvalue weighted by atomic mass is 10.5. The van der Waals surface area contributed by atoms with Crippen LogP contribution in [0.4, 0.5) is 0 Å². The van der Waals surface area contributed by atoms with Crippen LogP contribution >= 0.6 is 0 Å². The average molecular weight is 257 g/mol. The zero-order valence-corrected chi connectivity index (χ0v) is 9.27. The quantitative estimate of drug-likeness (QED) is 0.461. The minimum atomic E-state index is -1.36. The summed E-state index contributed by atoms with van der Waals surface area (Å²) in [7, 11) is -1.36. The molecule has 2 heterocycles. The number of fused-ring (bicyclic) bond motifs is 1. The molecule has 17 heavy (non-hydrogen) atoms. The fraction of sp³-hybridized carbons (Fsp3) is 0.111. The first-order valence-electron chi connectivity index (χ1n) is 4.43. The fourth-order valence-electron chi connectivity index (χ4n) is 1.28. The van der Waals surface area contributed by atoms with Gasteiger partial charge in [0.1, 0.15) is 17.4 Å². The maximum Gasteiger partial charge on any atom is 0.300 e. The highest BCUT2D eigenvalue weighted by Gasteiger charge is 2.20. The molecule has 2 aromatic heterocycles. The largest absolute Gasteiger partial charge is 0.457 e. The Morgan fingerprint density at radius 3 is 2.82 bits per heavy atom. The van der Waals surface area contributed by atoms with Crippen molar-refractivity contribution in [3.8, 4) is 5.75 Å². The standard InChI is InChI=1S/C9H7NO6S/c1-2-3-17(13)7-5-15-8-6(16-10(11)12)4-14-9(7)8/h2,4-5H,1,3H2/t17-/m1/s1. The number of rotatable bonds is 5. The van der Waals surface area contributed by atoms with E-state index in [1.807, 2.05) is 0 Å². The molecule has 0 bridgehead atoms. The minimum Gasteiger partial charge on any atom is -0.457 e. The van der Waals surface area contributed by atoms with E-state index in [1.165, 1.54) is 12.3 Å². The van der Waals surface area contributed by atoms with Crippen LogP contribution in [0.25, 0.3) is 11.2 Å². The van der Waals surface area contributed by atoms with Gasteiger partial charge in [-0.1, -0.05) is 6.08 Å². The highest BCUT2D eigenvalue weighted by atomic mass is 32.2. The van der Waals surface area contributed by atoms with Crippen LogP contribution in [0.15, 0.2) is 38.9 Å². The zero-order valence-electron chi connectivity index (χ0n) is 8.45. The summed E-state index contributed by atoms with van der Waals surface area (Å²) in [5.74, 6) is 0.0765. The van der Waals surface area contributed by atoms with Gasteiger partial charge < -0.3 is 8.83 Å². The molecule has 2 rings (SSSR count). The molecule has 0 radical (unpaired) electrons. The first-order chi connectivity index (χ1) is 8.13. The molecular weight excluding hydrogens is 250 g/mol. The van der Waals surface area contributed by atoms with Crippen molar-refractivity contribution in [3.63, 3.8) is 0 Å². The van der Waals surface area contributed by atoms with E-state index in [2.05, 4.69) is 11.4 Å². The van der Waals surface area contributed by atoms with Crippen LogP contribution in [-0.4, -0.2) is 15.0 Å². The fourth-order valence-corrected chi connectivity index (χ4v) is 2.17. The SMILES string of the molecule is C=CC[S@@](=O)c1coc2c(O[N+](=O)[O-])coc12. The van der Waals surface area contributed by atoms with Gasteiger partial charge in [0, 0.05) is 5.75 Å². The van der Waals surface area contributed by atoms with Gasteiger partial charge in [0.05, 0.1) is 10.8 Å².